The Morgan fingerprint density at radius 2 is 0.955 bits per heavy atom. The van der Waals surface area contributed by atoms with E-state index in [2.05, 4.69) is 89.5 Å². The summed E-state index contributed by atoms with van der Waals surface area (Å²) >= 11 is 0. The Morgan fingerprint density at radius 1 is 0.545 bits per heavy atom. The third kappa shape index (κ3) is 4.30. The lowest BCUT2D eigenvalue weighted by Gasteiger charge is -2.59. The minimum atomic E-state index is 0.344. The zero-order valence-electron chi connectivity index (χ0n) is 17.6. The molecule has 1 aliphatic carbocycles. The highest BCUT2D eigenvalue weighted by Crippen LogP contribution is 2.60. The fraction of sp³-hybridized carbons (Fsp3) is 0.955. The van der Waals surface area contributed by atoms with Crippen molar-refractivity contribution in [3.8, 4) is 0 Å². The Morgan fingerprint density at radius 3 is 1.23 bits per heavy atom. The molecule has 4 atom stereocenters. The quantitative estimate of drug-likeness (QED) is 0.442. The van der Waals surface area contributed by atoms with E-state index in [1.165, 1.54) is 6.42 Å². The zero-order chi connectivity index (χ0) is 17.7. The third-order valence-corrected chi connectivity index (χ3v) is 5.96. The van der Waals surface area contributed by atoms with Gasteiger partial charge in [0.2, 0.25) is 0 Å². The first kappa shape index (κ1) is 20.0. The van der Waals surface area contributed by atoms with Gasteiger partial charge in [0.05, 0.1) is 0 Å². The molecule has 4 unspecified atom stereocenters. The van der Waals surface area contributed by atoms with Crippen molar-refractivity contribution in [3.05, 3.63) is 6.42 Å². The molecule has 0 heteroatoms. The standard InChI is InChI=1S/C22H43/c1-19(2,3)15-13-14-16(20(4,5)6)18(22(10,11)12)17(15)21(7,8)9/h13,15-18H,14H2,1-12H3. The second-order valence-electron chi connectivity index (χ2n) is 12.1. The molecule has 0 N–H and O–H groups in total. The van der Waals surface area contributed by atoms with Gasteiger partial charge in [0.25, 0.3) is 0 Å². The molecule has 0 heterocycles. The Bertz CT molecular complexity index is 323. The van der Waals surface area contributed by atoms with E-state index >= 15 is 0 Å². The van der Waals surface area contributed by atoms with Crippen LogP contribution in [0.5, 0.6) is 0 Å². The molecule has 22 heavy (non-hydrogen) atoms. The summed E-state index contributed by atoms with van der Waals surface area (Å²) in [5.74, 6) is 2.98. The molecule has 0 aromatic rings. The van der Waals surface area contributed by atoms with Crippen LogP contribution < -0.4 is 0 Å². The summed E-state index contributed by atoms with van der Waals surface area (Å²) in [5, 5.41) is 0. The van der Waals surface area contributed by atoms with Crippen LogP contribution in [0.25, 0.3) is 0 Å². The molecular weight excluding hydrogens is 264 g/mol. The van der Waals surface area contributed by atoms with Crippen molar-refractivity contribution in [2.24, 2.45) is 45.3 Å². The van der Waals surface area contributed by atoms with E-state index in [9.17, 15) is 0 Å². The molecule has 0 bridgehead atoms. The van der Waals surface area contributed by atoms with Gasteiger partial charge in [-0.1, -0.05) is 83.1 Å². The lowest BCUT2D eigenvalue weighted by Crippen LogP contribution is -2.53. The first-order valence-electron chi connectivity index (χ1n) is 9.30. The van der Waals surface area contributed by atoms with Crippen LogP contribution in [-0.2, 0) is 0 Å². The fourth-order valence-electron chi connectivity index (χ4n) is 5.06. The van der Waals surface area contributed by atoms with Gasteiger partial charge in [-0.2, -0.15) is 0 Å². The summed E-state index contributed by atoms with van der Waals surface area (Å²) in [4.78, 5) is 0. The summed E-state index contributed by atoms with van der Waals surface area (Å²) in [6, 6.07) is 0. The van der Waals surface area contributed by atoms with Crippen molar-refractivity contribution in [1.82, 2.24) is 0 Å². The summed E-state index contributed by atoms with van der Waals surface area (Å²) < 4.78 is 0. The minimum absolute atomic E-state index is 0.344. The summed E-state index contributed by atoms with van der Waals surface area (Å²) in [5.41, 5.74) is 1.43. The average Bonchev–Trinajstić information content (AvgIpc) is 2.22. The van der Waals surface area contributed by atoms with E-state index in [4.69, 9.17) is 0 Å². The van der Waals surface area contributed by atoms with Crippen LogP contribution in [0.2, 0.25) is 0 Å². The van der Waals surface area contributed by atoms with Crippen LogP contribution in [-0.4, -0.2) is 0 Å². The number of hydrogen-bond acceptors (Lipinski definition) is 0. The molecule has 1 radical (unpaired) electrons. The van der Waals surface area contributed by atoms with E-state index in [1.54, 1.807) is 0 Å². The second-order valence-corrected chi connectivity index (χ2v) is 12.1. The monoisotopic (exact) mass is 307 g/mol. The maximum atomic E-state index is 2.69. The molecule has 0 aliphatic heterocycles. The minimum Gasteiger partial charge on any atom is -0.0599 e. The lowest BCUT2D eigenvalue weighted by atomic mass is 9.45. The Kier molecular flexibility index (Phi) is 5.30. The normalized spacial score (nSPS) is 32.2. The van der Waals surface area contributed by atoms with Gasteiger partial charge in [0.15, 0.2) is 0 Å². The molecule has 131 valence electrons. The molecule has 1 fully saturated rings. The maximum absolute atomic E-state index is 2.69. The van der Waals surface area contributed by atoms with Crippen LogP contribution in [0.3, 0.4) is 0 Å². The van der Waals surface area contributed by atoms with Crippen molar-refractivity contribution < 1.29 is 0 Å². The van der Waals surface area contributed by atoms with Gasteiger partial charge >= 0.3 is 0 Å². The molecule has 0 spiro atoms. The van der Waals surface area contributed by atoms with E-state index < -0.39 is 0 Å². The van der Waals surface area contributed by atoms with E-state index in [0.29, 0.717) is 27.6 Å². The third-order valence-electron chi connectivity index (χ3n) is 5.96. The lowest BCUT2D eigenvalue weighted by molar-refractivity contribution is -0.0872. The molecule has 0 aromatic carbocycles. The van der Waals surface area contributed by atoms with Crippen molar-refractivity contribution >= 4 is 0 Å². The molecule has 0 aromatic heterocycles. The Balaban J connectivity index is 3.43. The van der Waals surface area contributed by atoms with Crippen molar-refractivity contribution in [2.45, 2.75) is 89.5 Å². The summed E-state index contributed by atoms with van der Waals surface area (Å²) in [6.45, 7) is 29.5. The zero-order valence-corrected chi connectivity index (χ0v) is 17.6. The average molecular weight is 308 g/mol. The van der Waals surface area contributed by atoms with Gasteiger partial charge in [0.1, 0.15) is 0 Å². The predicted molar refractivity (Wildman–Crippen MR) is 101 cm³/mol. The van der Waals surface area contributed by atoms with E-state index in [1.807, 2.05) is 0 Å². The maximum Gasteiger partial charge on any atom is -0.0293 e. The molecule has 0 amide bonds. The fourth-order valence-corrected chi connectivity index (χ4v) is 5.06. The summed E-state index contributed by atoms with van der Waals surface area (Å²) in [7, 11) is 0. The van der Waals surface area contributed by atoms with Gasteiger partial charge in [-0.3, -0.25) is 0 Å². The van der Waals surface area contributed by atoms with Crippen LogP contribution in [0.4, 0.5) is 0 Å². The van der Waals surface area contributed by atoms with Gasteiger partial charge in [0, 0.05) is 0 Å². The number of rotatable bonds is 0. The predicted octanol–water partition coefficient (Wildman–Crippen LogP) is 7.24. The van der Waals surface area contributed by atoms with Crippen molar-refractivity contribution in [2.75, 3.05) is 0 Å². The van der Waals surface area contributed by atoms with Gasteiger partial charge in [-0.15, -0.1) is 0 Å². The highest BCUT2D eigenvalue weighted by atomic mass is 14.6. The van der Waals surface area contributed by atoms with Crippen LogP contribution in [0, 0.1) is 51.8 Å². The highest BCUT2D eigenvalue weighted by molar-refractivity contribution is 5.07. The second kappa shape index (κ2) is 5.82. The van der Waals surface area contributed by atoms with Crippen molar-refractivity contribution in [3.63, 3.8) is 0 Å². The Labute approximate surface area is 141 Å². The molecular formula is C22H43. The highest BCUT2D eigenvalue weighted by Gasteiger charge is 2.54. The van der Waals surface area contributed by atoms with Crippen LogP contribution in [0.15, 0.2) is 0 Å². The molecule has 0 nitrogen and oxygen atoms in total. The van der Waals surface area contributed by atoms with Crippen LogP contribution in [0.1, 0.15) is 89.5 Å². The first-order valence-corrected chi connectivity index (χ1v) is 9.30. The van der Waals surface area contributed by atoms with Gasteiger partial charge < -0.3 is 0 Å². The molecule has 1 rings (SSSR count). The largest absolute Gasteiger partial charge is 0.0599 e. The van der Waals surface area contributed by atoms with Gasteiger partial charge in [-0.05, 0) is 58.2 Å². The topological polar surface area (TPSA) is 0 Å². The number of hydrogen-bond donors (Lipinski definition) is 0. The van der Waals surface area contributed by atoms with Gasteiger partial charge in [-0.25, -0.2) is 0 Å². The molecule has 0 saturated heterocycles. The summed E-state index contributed by atoms with van der Waals surface area (Å²) in [6.07, 6.45) is 3.97. The van der Waals surface area contributed by atoms with E-state index in [-0.39, 0.29) is 0 Å². The molecule has 1 saturated carbocycles. The molecule has 1 aliphatic rings. The SMILES string of the molecule is CC(C)(C)C1[CH]CC(C(C)(C)C)C(C(C)(C)C)C1C(C)(C)C. The van der Waals surface area contributed by atoms with E-state index in [0.717, 1.165) is 17.8 Å². The Hall–Kier alpha value is 0. The van der Waals surface area contributed by atoms with Crippen LogP contribution >= 0.6 is 0 Å². The van der Waals surface area contributed by atoms with Crippen molar-refractivity contribution in [1.29, 1.82) is 0 Å². The first-order chi connectivity index (χ1) is 9.47. The smallest absolute Gasteiger partial charge is 0.0293 e.